The second kappa shape index (κ2) is 6.61. The predicted octanol–water partition coefficient (Wildman–Crippen LogP) is 5.75. The minimum Gasteiger partial charge on any atom is -0.411 e. The van der Waals surface area contributed by atoms with Crippen LogP contribution in [0.1, 0.15) is 18.6 Å². The molecule has 0 saturated carbocycles. The lowest BCUT2D eigenvalue weighted by molar-refractivity contribution is 0.216. The lowest BCUT2D eigenvalue weighted by Gasteiger charge is -2.25. The van der Waals surface area contributed by atoms with Crippen LogP contribution in [0.5, 0.6) is 0 Å². The third-order valence-corrected chi connectivity index (χ3v) is 5.02. The van der Waals surface area contributed by atoms with E-state index in [9.17, 15) is 0 Å². The fraction of sp³-hybridized carbons (Fsp3) is 0.294. The minimum atomic E-state index is -1.53. The number of rotatable bonds is 5. The van der Waals surface area contributed by atoms with Gasteiger partial charge in [-0.2, -0.15) is 0 Å². The van der Waals surface area contributed by atoms with Gasteiger partial charge in [0.25, 0.3) is 0 Å². The van der Waals surface area contributed by atoms with Crippen LogP contribution in [0.4, 0.5) is 0 Å². The van der Waals surface area contributed by atoms with Crippen molar-refractivity contribution in [3.05, 3.63) is 60.2 Å². The maximum absolute atomic E-state index is 6.23. The Kier molecular flexibility index (Phi) is 5.08. The quantitative estimate of drug-likeness (QED) is 0.650. The summed E-state index contributed by atoms with van der Waals surface area (Å²) in [4.78, 5) is 2.55. The van der Waals surface area contributed by atoms with Crippen molar-refractivity contribution in [1.82, 2.24) is 0 Å². The molecule has 1 atom stereocenters. The van der Waals surface area contributed by atoms with Gasteiger partial charge in [0.1, 0.15) is 0 Å². The normalized spacial score (nSPS) is 13.2. The average molecular weight is 303 g/mol. The number of benzene rings is 2. The van der Waals surface area contributed by atoms with Crippen molar-refractivity contribution >= 4 is 20.1 Å². The summed E-state index contributed by atoms with van der Waals surface area (Å²) in [5.41, 5.74) is 1.28. The molecule has 0 saturated heterocycles. The Labute approximate surface area is 127 Å². The molecule has 1 unspecified atom stereocenters. The van der Waals surface area contributed by atoms with E-state index in [1.807, 2.05) is 6.07 Å². The van der Waals surface area contributed by atoms with Crippen LogP contribution in [0.25, 0.3) is 0 Å². The van der Waals surface area contributed by atoms with Gasteiger partial charge < -0.3 is 4.43 Å². The molecular formula is C17H22OSSi. The molecule has 0 heterocycles. The molecule has 0 aromatic heterocycles. The molecule has 3 heteroatoms. The zero-order valence-electron chi connectivity index (χ0n) is 12.6. The second-order valence-electron chi connectivity index (χ2n) is 5.83. The smallest absolute Gasteiger partial charge is 0.184 e. The van der Waals surface area contributed by atoms with E-state index in [2.05, 4.69) is 75.1 Å². The molecule has 2 aromatic carbocycles. The van der Waals surface area contributed by atoms with Crippen molar-refractivity contribution < 1.29 is 4.43 Å². The van der Waals surface area contributed by atoms with Crippen molar-refractivity contribution in [2.24, 2.45) is 0 Å². The van der Waals surface area contributed by atoms with Crippen LogP contribution >= 0.6 is 11.8 Å². The first-order chi connectivity index (χ1) is 9.46. The van der Waals surface area contributed by atoms with Gasteiger partial charge in [0.2, 0.25) is 0 Å². The lowest BCUT2D eigenvalue weighted by Crippen LogP contribution is -2.27. The molecule has 0 spiro atoms. The minimum absolute atomic E-state index is 0.147. The van der Waals surface area contributed by atoms with Gasteiger partial charge in [-0.25, -0.2) is 0 Å². The highest BCUT2D eigenvalue weighted by molar-refractivity contribution is 7.99. The van der Waals surface area contributed by atoms with E-state index in [0.29, 0.717) is 0 Å². The van der Waals surface area contributed by atoms with Crippen molar-refractivity contribution in [3.63, 3.8) is 0 Å². The van der Waals surface area contributed by atoms with Gasteiger partial charge in [0, 0.05) is 9.79 Å². The van der Waals surface area contributed by atoms with E-state index in [4.69, 9.17) is 4.43 Å². The van der Waals surface area contributed by atoms with Crippen LogP contribution < -0.4 is 0 Å². The third-order valence-electron chi connectivity index (χ3n) is 2.86. The van der Waals surface area contributed by atoms with E-state index < -0.39 is 8.32 Å². The molecule has 20 heavy (non-hydrogen) atoms. The summed E-state index contributed by atoms with van der Waals surface area (Å²) in [7, 11) is -1.53. The molecule has 2 rings (SSSR count). The van der Waals surface area contributed by atoms with Gasteiger partial charge in [-0.1, -0.05) is 48.2 Å². The zero-order chi connectivity index (χ0) is 14.6. The molecule has 2 aromatic rings. The Morgan fingerprint density at radius 1 is 0.900 bits per heavy atom. The molecule has 1 nitrogen and oxygen atoms in total. The molecule has 0 fully saturated rings. The summed E-state index contributed by atoms with van der Waals surface area (Å²) in [6.07, 6.45) is 0.147. The molecule has 0 aliphatic heterocycles. The third kappa shape index (κ3) is 4.51. The molecule has 106 valence electrons. The van der Waals surface area contributed by atoms with Gasteiger partial charge in [0.15, 0.2) is 8.32 Å². The van der Waals surface area contributed by atoms with Crippen molar-refractivity contribution in [2.75, 3.05) is 0 Å². The van der Waals surface area contributed by atoms with Crippen molar-refractivity contribution in [2.45, 2.75) is 42.5 Å². The highest BCUT2D eigenvalue weighted by Crippen LogP contribution is 2.35. The molecule has 0 amide bonds. The van der Waals surface area contributed by atoms with Gasteiger partial charge in [0.05, 0.1) is 6.10 Å². The van der Waals surface area contributed by atoms with Crippen LogP contribution in [0.3, 0.4) is 0 Å². The Bertz CT molecular complexity index is 548. The monoisotopic (exact) mass is 302 g/mol. The summed E-state index contributed by atoms with van der Waals surface area (Å²) in [6.45, 7) is 8.85. The fourth-order valence-electron chi connectivity index (χ4n) is 2.12. The topological polar surface area (TPSA) is 9.23 Å². The van der Waals surface area contributed by atoms with Gasteiger partial charge >= 0.3 is 0 Å². The first-order valence-electron chi connectivity index (χ1n) is 6.95. The number of hydrogen-bond donors (Lipinski definition) is 0. The first-order valence-corrected chi connectivity index (χ1v) is 11.2. The maximum Gasteiger partial charge on any atom is 0.184 e. The summed E-state index contributed by atoms with van der Waals surface area (Å²) in [5.74, 6) is 0. The second-order valence-corrected chi connectivity index (χ2v) is 11.4. The molecule has 0 aliphatic carbocycles. The van der Waals surface area contributed by atoms with Crippen LogP contribution in [-0.4, -0.2) is 8.32 Å². The number of hydrogen-bond acceptors (Lipinski definition) is 2. The lowest BCUT2D eigenvalue weighted by atomic mass is 10.1. The standard InChI is InChI=1S/C17H22OSSi/c1-14(18-20(2,3)4)16-12-8-9-13-17(16)19-15-10-6-5-7-11-15/h5-14H,1-4H3. The van der Waals surface area contributed by atoms with E-state index in [0.717, 1.165) is 0 Å². The zero-order valence-corrected chi connectivity index (χ0v) is 14.4. The van der Waals surface area contributed by atoms with Crippen LogP contribution in [-0.2, 0) is 4.43 Å². The van der Waals surface area contributed by atoms with E-state index in [1.54, 1.807) is 11.8 Å². The van der Waals surface area contributed by atoms with Crippen LogP contribution in [0, 0.1) is 0 Å². The van der Waals surface area contributed by atoms with Gasteiger partial charge in [-0.3, -0.25) is 0 Å². The molecule has 0 aliphatic rings. The predicted molar refractivity (Wildman–Crippen MR) is 89.9 cm³/mol. The van der Waals surface area contributed by atoms with Gasteiger partial charge in [-0.15, -0.1) is 0 Å². The molecule has 0 radical (unpaired) electrons. The van der Waals surface area contributed by atoms with Crippen LogP contribution in [0.15, 0.2) is 64.4 Å². The summed E-state index contributed by atoms with van der Waals surface area (Å²) in [5, 5.41) is 0. The largest absolute Gasteiger partial charge is 0.411 e. The first kappa shape index (κ1) is 15.4. The van der Waals surface area contributed by atoms with Crippen molar-refractivity contribution in [1.29, 1.82) is 0 Å². The van der Waals surface area contributed by atoms with E-state index >= 15 is 0 Å². The molecule has 0 bridgehead atoms. The Balaban J connectivity index is 2.22. The Morgan fingerprint density at radius 3 is 2.15 bits per heavy atom. The fourth-order valence-corrected chi connectivity index (χ4v) is 4.35. The Hall–Kier alpha value is -1.03. The highest BCUT2D eigenvalue weighted by Gasteiger charge is 2.21. The van der Waals surface area contributed by atoms with E-state index in [1.165, 1.54) is 15.4 Å². The van der Waals surface area contributed by atoms with E-state index in [-0.39, 0.29) is 6.10 Å². The molecular weight excluding hydrogens is 280 g/mol. The highest BCUT2D eigenvalue weighted by atomic mass is 32.2. The molecule has 0 N–H and O–H groups in total. The summed E-state index contributed by atoms with van der Waals surface area (Å²) in [6, 6.07) is 19.0. The summed E-state index contributed by atoms with van der Waals surface area (Å²) < 4.78 is 6.23. The van der Waals surface area contributed by atoms with Crippen molar-refractivity contribution in [3.8, 4) is 0 Å². The van der Waals surface area contributed by atoms with Gasteiger partial charge in [-0.05, 0) is 50.3 Å². The Morgan fingerprint density at radius 2 is 1.50 bits per heavy atom. The average Bonchev–Trinajstić information content (AvgIpc) is 2.38. The van der Waals surface area contributed by atoms with Crippen LogP contribution in [0.2, 0.25) is 19.6 Å². The maximum atomic E-state index is 6.23. The SMILES string of the molecule is CC(O[Si](C)(C)C)c1ccccc1Sc1ccccc1. The summed E-state index contributed by atoms with van der Waals surface area (Å²) >= 11 is 1.80.